The van der Waals surface area contributed by atoms with Gasteiger partial charge in [-0.2, -0.15) is 0 Å². The van der Waals surface area contributed by atoms with Crippen molar-refractivity contribution in [1.82, 2.24) is 14.8 Å². The Morgan fingerprint density at radius 1 is 1.41 bits per heavy atom. The fourth-order valence-electron chi connectivity index (χ4n) is 2.61. The monoisotopic (exact) mass is 413 g/mol. The van der Waals surface area contributed by atoms with Gasteiger partial charge in [0.2, 0.25) is 5.91 Å². The summed E-state index contributed by atoms with van der Waals surface area (Å²) in [4.78, 5) is 16.3. The van der Waals surface area contributed by atoms with E-state index in [1.807, 2.05) is 24.5 Å². The standard InChI is InChI=1S/C21H24FN5OS/c1-5-9-15-10-11-18(17(22)12-15)24-19(28)14-29-21-26-25-20(27(21)8-4)16(6-2)13-23-7-3/h2,7,10-13H,5,8-9,14H2,1,3-4H3,(H,24,28)/b16-13+,23-7?. The largest absolute Gasteiger partial charge is 0.323 e. The van der Waals surface area contributed by atoms with Crippen LogP contribution < -0.4 is 5.32 Å². The molecule has 152 valence electrons. The molecule has 1 aromatic carbocycles. The van der Waals surface area contributed by atoms with Gasteiger partial charge in [0.25, 0.3) is 0 Å². The van der Waals surface area contributed by atoms with Crippen molar-refractivity contribution >= 4 is 35.1 Å². The van der Waals surface area contributed by atoms with Gasteiger partial charge < -0.3 is 9.88 Å². The normalized spacial score (nSPS) is 11.6. The van der Waals surface area contributed by atoms with Crippen LogP contribution in [0.25, 0.3) is 5.57 Å². The number of aromatic nitrogens is 3. The van der Waals surface area contributed by atoms with E-state index >= 15 is 0 Å². The number of halogens is 1. The molecule has 0 saturated heterocycles. The minimum atomic E-state index is -0.436. The molecule has 0 atom stereocenters. The molecule has 2 aromatic rings. The first-order chi connectivity index (χ1) is 14.0. The Labute approximate surface area is 174 Å². The Bertz CT molecular complexity index is 958. The van der Waals surface area contributed by atoms with Crippen molar-refractivity contribution in [2.24, 2.45) is 4.99 Å². The van der Waals surface area contributed by atoms with Gasteiger partial charge in [0.05, 0.1) is 17.0 Å². The Kier molecular flexibility index (Phi) is 8.62. The van der Waals surface area contributed by atoms with E-state index in [1.165, 1.54) is 17.8 Å². The van der Waals surface area contributed by atoms with Crippen molar-refractivity contribution in [3.05, 3.63) is 41.6 Å². The number of terminal acetylenes is 1. The number of aliphatic imine (C=N–C) groups is 1. The number of carbonyl (C=O) groups is 1. The number of nitrogens with one attached hydrogen (secondary N) is 1. The number of carbonyl (C=O) groups excluding carboxylic acids is 1. The summed E-state index contributed by atoms with van der Waals surface area (Å²) in [6.45, 7) is 6.33. The number of rotatable bonds is 9. The second kappa shape index (κ2) is 11.2. The van der Waals surface area contributed by atoms with Crippen LogP contribution in [0.2, 0.25) is 0 Å². The molecule has 1 N–H and O–H groups in total. The first-order valence-electron chi connectivity index (χ1n) is 9.33. The molecular weight excluding hydrogens is 389 g/mol. The topological polar surface area (TPSA) is 72.2 Å². The highest BCUT2D eigenvalue weighted by molar-refractivity contribution is 7.99. The second-order valence-corrected chi connectivity index (χ2v) is 6.99. The maximum atomic E-state index is 14.2. The van der Waals surface area contributed by atoms with Crippen LogP contribution in [-0.2, 0) is 17.8 Å². The minimum absolute atomic E-state index is 0.0660. The lowest BCUT2D eigenvalue weighted by molar-refractivity contribution is -0.113. The number of anilines is 1. The maximum Gasteiger partial charge on any atom is 0.234 e. The van der Waals surface area contributed by atoms with Crippen molar-refractivity contribution in [2.75, 3.05) is 11.1 Å². The van der Waals surface area contributed by atoms with Crippen molar-refractivity contribution in [3.63, 3.8) is 0 Å². The van der Waals surface area contributed by atoms with Crippen LogP contribution >= 0.6 is 11.8 Å². The van der Waals surface area contributed by atoms with E-state index in [9.17, 15) is 9.18 Å². The lowest BCUT2D eigenvalue weighted by Crippen LogP contribution is -2.15. The molecule has 1 heterocycles. The van der Waals surface area contributed by atoms with Gasteiger partial charge in [0.1, 0.15) is 5.82 Å². The fraction of sp³-hybridized carbons (Fsp3) is 0.333. The molecule has 2 rings (SSSR count). The summed E-state index contributed by atoms with van der Waals surface area (Å²) in [7, 11) is 0. The molecule has 0 spiro atoms. The average Bonchev–Trinajstić information content (AvgIpc) is 3.12. The molecule has 29 heavy (non-hydrogen) atoms. The summed E-state index contributed by atoms with van der Waals surface area (Å²) >= 11 is 1.21. The zero-order valence-electron chi connectivity index (χ0n) is 16.8. The third-order valence-electron chi connectivity index (χ3n) is 3.96. The molecule has 0 unspecified atom stereocenters. The van der Waals surface area contributed by atoms with Gasteiger partial charge in [-0.15, -0.1) is 16.6 Å². The predicted molar refractivity (Wildman–Crippen MR) is 116 cm³/mol. The lowest BCUT2D eigenvalue weighted by atomic mass is 10.1. The van der Waals surface area contributed by atoms with Crippen LogP contribution in [0.4, 0.5) is 10.1 Å². The van der Waals surface area contributed by atoms with Crippen LogP contribution in [0.15, 0.2) is 34.5 Å². The zero-order valence-corrected chi connectivity index (χ0v) is 17.6. The smallest absolute Gasteiger partial charge is 0.234 e. The van der Waals surface area contributed by atoms with Gasteiger partial charge in [-0.1, -0.05) is 37.1 Å². The highest BCUT2D eigenvalue weighted by Crippen LogP contribution is 2.22. The van der Waals surface area contributed by atoms with E-state index in [2.05, 4.69) is 26.4 Å². The molecule has 6 nitrogen and oxygen atoms in total. The van der Waals surface area contributed by atoms with E-state index in [1.54, 1.807) is 25.4 Å². The molecule has 0 bridgehead atoms. The summed E-state index contributed by atoms with van der Waals surface area (Å²) in [6, 6.07) is 4.87. The fourth-order valence-corrected chi connectivity index (χ4v) is 3.41. The Morgan fingerprint density at radius 3 is 2.83 bits per heavy atom. The van der Waals surface area contributed by atoms with Crippen molar-refractivity contribution in [1.29, 1.82) is 0 Å². The van der Waals surface area contributed by atoms with Gasteiger partial charge in [0, 0.05) is 19.0 Å². The van der Waals surface area contributed by atoms with Crippen LogP contribution in [0.5, 0.6) is 0 Å². The summed E-state index contributed by atoms with van der Waals surface area (Å²) in [5.41, 5.74) is 1.58. The third-order valence-corrected chi connectivity index (χ3v) is 4.93. The maximum absolute atomic E-state index is 14.2. The summed E-state index contributed by atoms with van der Waals surface area (Å²) in [6.07, 6.45) is 10.5. The van der Waals surface area contributed by atoms with E-state index in [4.69, 9.17) is 6.42 Å². The van der Waals surface area contributed by atoms with Gasteiger partial charge in [0.15, 0.2) is 11.0 Å². The van der Waals surface area contributed by atoms with Crippen molar-refractivity contribution in [2.45, 2.75) is 45.3 Å². The molecule has 0 aliphatic heterocycles. The van der Waals surface area contributed by atoms with Crippen molar-refractivity contribution < 1.29 is 9.18 Å². The Morgan fingerprint density at radius 2 is 2.21 bits per heavy atom. The van der Waals surface area contributed by atoms with E-state index < -0.39 is 5.82 Å². The number of aryl methyl sites for hydroxylation is 1. The number of benzene rings is 1. The first kappa shape index (κ1) is 22.4. The van der Waals surface area contributed by atoms with Crippen LogP contribution in [-0.4, -0.2) is 32.6 Å². The summed E-state index contributed by atoms with van der Waals surface area (Å²) in [5.74, 6) is 2.37. The SMILES string of the molecule is C#C/C(=C\N=CC)c1nnc(SCC(=O)Nc2ccc(CCC)cc2F)n1CC. The number of amides is 1. The second-order valence-electron chi connectivity index (χ2n) is 6.05. The quantitative estimate of drug-likeness (QED) is 0.380. The van der Waals surface area contributed by atoms with Gasteiger partial charge >= 0.3 is 0 Å². The molecule has 0 saturated carbocycles. The number of hydrogen-bond donors (Lipinski definition) is 1. The highest BCUT2D eigenvalue weighted by atomic mass is 32.2. The number of hydrogen-bond acceptors (Lipinski definition) is 5. The first-order valence-corrected chi connectivity index (χ1v) is 10.3. The lowest BCUT2D eigenvalue weighted by Gasteiger charge is -2.09. The van der Waals surface area contributed by atoms with E-state index in [0.29, 0.717) is 23.1 Å². The predicted octanol–water partition coefficient (Wildman–Crippen LogP) is 4.19. The van der Waals surface area contributed by atoms with Crippen molar-refractivity contribution in [3.8, 4) is 12.3 Å². The van der Waals surface area contributed by atoms with Crippen LogP contribution in [0, 0.1) is 18.2 Å². The number of thioether (sulfide) groups is 1. The van der Waals surface area contributed by atoms with Gasteiger partial charge in [-0.05, 0) is 38.0 Å². The Balaban J connectivity index is 2.06. The number of allylic oxidation sites excluding steroid dienone is 1. The van der Waals surface area contributed by atoms with Gasteiger partial charge in [-0.3, -0.25) is 9.79 Å². The summed E-state index contributed by atoms with van der Waals surface area (Å²) < 4.78 is 16.0. The van der Waals surface area contributed by atoms with Crippen LogP contribution in [0.3, 0.4) is 0 Å². The minimum Gasteiger partial charge on any atom is -0.323 e. The zero-order chi connectivity index (χ0) is 21.2. The highest BCUT2D eigenvalue weighted by Gasteiger charge is 2.16. The molecule has 0 aliphatic carbocycles. The molecule has 0 fully saturated rings. The summed E-state index contributed by atoms with van der Waals surface area (Å²) in [5, 5.41) is 11.4. The molecule has 8 heteroatoms. The molecule has 1 amide bonds. The molecular formula is C21H24FN5OS. The average molecular weight is 414 g/mol. The van der Waals surface area contributed by atoms with E-state index in [-0.39, 0.29) is 17.3 Å². The van der Waals surface area contributed by atoms with Crippen LogP contribution in [0.1, 0.15) is 38.6 Å². The molecule has 0 radical (unpaired) electrons. The molecule has 0 aliphatic rings. The third kappa shape index (κ3) is 6.03. The number of nitrogens with zero attached hydrogens (tertiary/aromatic N) is 4. The Hall–Kier alpha value is -2.92. The van der Waals surface area contributed by atoms with E-state index in [0.717, 1.165) is 18.4 Å². The molecule has 1 aromatic heterocycles. The van der Waals surface area contributed by atoms with Gasteiger partial charge in [-0.25, -0.2) is 4.39 Å².